The van der Waals surface area contributed by atoms with Gasteiger partial charge in [-0.1, -0.05) is 68.5 Å². The van der Waals surface area contributed by atoms with Gasteiger partial charge in [-0.05, 0) is 31.0 Å². The van der Waals surface area contributed by atoms with Crippen LogP contribution < -0.4 is 9.64 Å². The largest absolute Gasteiger partial charge is 0.484 e. The number of ether oxygens (including phenoxy) is 1. The first kappa shape index (κ1) is 20.7. The molecule has 0 saturated heterocycles. The Morgan fingerprint density at radius 2 is 1.79 bits per heavy atom. The molecule has 1 heterocycles. The molecule has 0 aromatic heterocycles. The molecule has 2 aromatic carbocycles. The second-order valence-electron chi connectivity index (χ2n) is 7.36. The fraction of sp³-hybridized carbons (Fsp3) is 0.320. The van der Waals surface area contributed by atoms with Gasteiger partial charge in [0.25, 0.3) is 5.91 Å². The molecule has 0 fully saturated rings. The van der Waals surface area contributed by atoms with Gasteiger partial charge in [0.1, 0.15) is 11.9 Å². The maximum Gasteiger partial charge on any atom is 0.260 e. The first-order valence-corrected chi connectivity index (χ1v) is 10.2. The molecule has 1 atom stereocenters. The zero-order valence-corrected chi connectivity index (χ0v) is 17.6. The Hall–Kier alpha value is -3.01. The molecule has 0 spiro atoms. The molecular weight excluding hydrogens is 360 g/mol. The SMILES string of the molecule is C=CC1=C(C)N(C)CCN(c2ccccc2OC(CCC)c2ccccc2)C1=O. The van der Waals surface area contributed by atoms with Crippen LogP contribution in [-0.2, 0) is 4.79 Å². The Bertz CT molecular complexity index is 889. The summed E-state index contributed by atoms with van der Waals surface area (Å²) >= 11 is 0. The van der Waals surface area contributed by atoms with Crippen molar-refractivity contribution >= 4 is 11.6 Å². The lowest BCUT2D eigenvalue weighted by Gasteiger charge is -2.27. The number of hydrogen-bond acceptors (Lipinski definition) is 3. The third kappa shape index (κ3) is 4.53. The molecule has 152 valence electrons. The predicted octanol–water partition coefficient (Wildman–Crippen LogP) is 5.35. The lowest BCUT2D eigenvalue weighted by molar-refractivity contribution is -0.114. The number of amides is 1. The number of para-hydroxylation sites is 2. The summed E-state index contributed by atoms with van der Waals surface area (Å²) < 4.78 is 6.49. The third-order valence-electron chi connectivity index (χ3n) is 5.45. The second-order valence-corrected chi connectivity index (χ2v) is 7.36. The number of benzene rings is 2. The molecule has 4 heteroatoms. The van der Waals surface area contributed by atoms with Crippen LogP contribution in [0, 0.1) is 0 Å². The Morgan fingerprint density at radius 1 is 1.10 bits per heavy atom. The average Bonchev–Trinajstić information content (AvgIpc) is 2.85. The topological polar surface area (TPSA) is 32.8 Å². The molecule has 1 unspecified atom stereocenters. The molecule has 1 aliphatic rings. The Morgan fingerprint density at radius 3 is 2.48 bits per heavy atom. The van der Waals surface area contributed by atoms with Crippen LogP contribution in [-0.4, -0.2) is 30.9 Å². The monoisotopic (exact) mass is 390 g/mol. The molecule has 0 radical (unpaired) electrons. The van der Waals surface area contributed by atoms with Gasteiger partial charge < -0.3 is 14.5 Å². The number of carbonyl (C=O) groups is 1. The molecule has 3 rings (SSSR count). The van der Waals surface area contributed by atoms with Crippen LogP contribution in [0.15, 0.2) is 78.5 Å². The summed E-state index contributed by atoms with van der Waals surface area (Å²) in [4.78, 5) is 17.2. The van der Waals surface area contributed by atoms with E-state index in [4.69, 9.17) is 4.74 Å². The van der Waals surface area contributed by atoms with Gasteiger partial charge in [0, 0.05) is 25.8 Å². The van der Waals surface area contributed by atoms with E-state index in [0.717, 1.165) is 42.1 Å². The smallest absolute Gasteiger partial charge is 0.260 e. The number of nitrogens with zero attached hydrogens (tertiary/aromatic N) is 2. The molecule has 0 bridgehead atoms. The van der Waals surface area contributed by atoms with Crippen LogP contribution in [0.1, 0.15) is 38.4 Å². The van der Waals surface area contributed by atoms with E-state index < -0.39 is 0 Å². The van der Waals surface area contributed by atoms with E-state index in [9.17, 15) is 4.79 Å². The second kappa shape index (κ2) is 9.46. The Labute approximate surface area is 174 Å². The van der Waals surface area contributed by atoms with Crippen molar-refractivity contribution in [1.29, 1.82) is 0 Å². The highest BCUT2D eigenvalue weighted by molar-refractivity contribution is 6.08. The van der Waals surface area contributed by atoms with Gasteiger partial charge in [0.05, 0.1) is 11.3 Å². The van der Waals surface area contributed by atoms with E-state index in [1.165, 1.54) is 0 Å². The molecule has 2 aromatic rings. The summed E-state index contributed by atoms with van der Waals surface area (Å²) in [5.74, 6) is 0.693. The fourth-order valence-electron chi connectivity index (χ4n) is 3.65. The van der Waals surface area contributed by atoms with Gasteiger partial charge in [-0.3, -0.25) is 4.79 Å². The first-order valence-electron chi connectivity index (χ1n) is 10.2. The molecule has 0 saturated carbocycles. The van der Waals surface area contributed by atoms with Gasteiger partial charge in [0.2, 0.25) is 0 Å². The molecule has 4 nitrogen and oxygen atoms in total. The number of hydrogen-bond donors (Lipinski definition) is 0. The van der Waals surface area contributed by atoms with E-state index in [-0.39, 0.29) is 12.0 Å². The lowest BCUT2D eigenvalue weighted by atomic mass is 10.1. The minimum absolute atomic E-state index is 0.0374. The normalized spacial score (nSPS) is 15.9. The van der Waals surface area contributed by atoms with E-state index in [2.05, 4.69) is 30.5 Å². The third-order valence-corrected chi connectivity index (χ3v) is 5.45. The van der Waals surface area contributed by atoms with Crippen molar-refractivity contribution in [1.82, 2.24) is 4.90 Å². The van der Waals surface area contributed by atoms with Crippen LogP contribution >= 0.6 is 0 Å². The fourth-order valence-corrected chi connectivity index (χ4v) is 3.65. The number of carbonyl (C=O) groups excluding carboxylic acids is 1. The predicted molar refractivity (Wildman–Crippen MR) is 119 cm³/mol. The summed E-state index contributed by atoms with van der Waals surface area (Å²) in [6, 6.07) is 18.1. The van der Waals surface area contributed by atoms with Crippen LogP contribution in [0.4, 0.5) is 5.69 Å². The van der Waals surface area contributed by atoms with Crippen LogP contribution in [0.25, 0.3) is 0 Å². The number of likely N-dealkylation sites (N-methyl/N-ethyl adjacent to an activating group) is 1. The van der Waals surface area contributed by atoms with Crippen molar-refractivity contribution in [3.8, 4) is 5.75 Å². The molecule has 1 aliphatic heterocycles. The van der Waals surface area contributed by atoms with Crippen molar-refractivity contribution < 1.29 is 9.53 Å². The summed E-state index contributed by atoms with van der Waals surface area (Å²) in [6.07, 6.45) is 3.52. The first-order chi connectivity index (χ1) is 14.1. The van der Waals surface area contributed by atoms with Gasteiger partial charge in [-0.2, -0.15) is 0 Å². The standard InChI is InChI=1S/C25H30N2O2/c1-5-12-23(20-13-8-7-9-14-20)29-24-16-11-10-15-22(24)27-18-17-26(4)19(3)21(6-2)25(27)28/h6-11,13-16,23H,2,5,12,17-18H2,1,3-4H3. The van der Waals surface area contributed by atoms with E-state index in [1.54, 1.807) is 6.08 Å². The molecule has 0 N–H and O–H groups in total. The summed E-state index contributed by atoms with van der Waals surface area (Å²) in [5.41, 5.74) is 3.53. The molecule has 1 amide bonds. The highest BCUT2D eigenvalue weighted by atomic mass is 16.5. The molecule has 0 aliphatic carbocycles. The lowest BCUT2D eigenvalue weighted by Crippen LogP contribution is -2.34. The van der Waals surface area contributed by atoms with Gasteiger partial charge >= 0.3 is 0 Å². The van der Waals surface area contributed by atoms with Gasteiger partial charge in [-0.25, -0.2) is 0 Å². The maximum absolute atomic E-state index is 13.3. The highest BCUT2D eigenvalue weighted by Crippen LogP contribution is 2.35. The summed E-state index contributed by atoms with van der Waals surface area (Å²) in [6.45, 7) is 9.32. The summed E-state index contributed by atoms with van der Waals surface area (Å²) in [7, 11) is 2.00. The van der Waals surface area contributed by atoms with Crippen molar-refractivity contribution in [3.63, 3.8) is 0 Å². The zero-order valence-electron chi connectivity index (χ0n) is 17.6. The van der Waals surface area contributed by atoms with Crippen molar-refractivity contribution in [3.05, 3.63) is 84.1 Å². The highest BCUT2D eigenvalue weighted by Gasteiger charge is 2.27. The van der Waals surface area contributed by atoms with Crippen LogP contribution in [0.2, 0.25) is 0 Å². The van der Waals surface area contributed by atoms with E-state index in [1.807, 2.05) is 61.3 Å². The Balaban J connectivity index is 1.96. The Kier molecular flexibility index (Phi) is 6.76. The van der Waals surface area contributed by atoms with Crippen molar-refractivity contribution in [2.45, 2.75) is 32.8 Å². The van der Waals surface area contributed by atoms with E-state index >= 15 is 0 Å². The minimum Gasteiger partial charge on any atom is -0.484 e. The quantitative estimate of drug-likeness (QED) is 0.639. The zero-order chi connectivity index (χ0) is 20.8. The number of rotatable bonds is 7. The average molecular weight is 391 g/mol. The van der Waals surface area contributed by atoms with Gasteiger partial charge in [-0.15, -0.1) is 0 Å². The van der Waals surface area contributed by atoms with Crippen molar-refractivity contribution in [2.75, 3.05) is 25.0 Å². The van der Waals surface area contributed by atoms with E-state index in [0.29, 0.717) is 12.1 Å². The molecule has 29 heavy (non-hydrogen) atoms. The number of anilines is 1. The maximum atomic E-state index is 13.3. The minimum atomic E-state index is -0.0525. The van der Waals surface area contributed by atoms with Gasteiger partial charge in [0.15, 0.2) is 0 Å². The van der Waals surface area contributed by atoms with Crippen LogP contribution in [0.3, 0.4) is 0 Å². The number of allylic oxidation sites excluding steroid dienone is 1. The molecular formula is C25H30N2O2. The summed E-state index contributed by atoms with van der Waals surface area (Å²) in [5, 5.41) is 0. The van der Waals surface area contributed by atoms with Crippen LogP contribution in [0.5, 0.6) is 5.75 Å². The van der Waals surface area contributed by atoms with Crippen molar-refractivity contribution in [2.24, 2.45) is 0 Å².